The van der Waals surface area contributed by atoms with E-state index in [1.807, 2.05) is 25.3 Å². The smallest absolute Gasteiger partial charge is 0.252 e. The molecule has 90 valence electrons. The van der Waals surface area contributed by atoms with Crippen molar-refractivity contribution in [3.63, 3.8) is 0 Å². The number of hydrogen-bond acceptors (Lipinski definition) is 3. The molecule has 0 aliphatic rings. The van der Waals surface area contributed by atoms with Crippen LogP contribution in [0, 0.1) is 2.88 Å². The molecule has 0 aliphatic carbocycles. The molecule has 0 atom stereocenters. The van der Waals surface area contributed by atoms with E-state index in [0.29, 0.717) is 5.56 Å². The molecule has 0 saturated heterocycles. The number of halogens is 1. The average molecular weight is 353 g/mol. The molecule has 1 aromatic heterocycles. The molecule has 0 unspecified atom stereocenters. The molecule has 0 aromatic carbocycles. The molecular formula is C11H16INO2S. The van der Waals surface area contributed by atoms with Crippen LogP contribution in [0.2, 0.25) is 0 Å². The highest BCUT2D eigenvalue weighted by molar-refractivity contribution is 14.1. The summed E-state index contributed by atoms with van der Waals surface area (Å²) in [4.78, 5) is 11.9. The van der Waals surface area contributed by atoms with Crippen molar-refractivity contribution in [1.82, 2.24) is 5.32 Å². The van der Waals surface area contributed by atoms with Gasteiger partial charge in [-0.25, -0.2) is 0 Å². The zero-order valence-corrected chi connectivity index (χ0v) is 12.8. The Hall–Kier alpha value is -0.140. The first-order valence-electron chi connectivity index (χ1n) is 4.92. The molecule has 0 fully saturated rings. The maximum atomic E-state index is 11.9. The molecule has 2 N–H and O–H groups in total. The van der Waals surface area contributed by atoms with E-state index in [0.717, 1.165) is 2.88 Å². The lowest BCUT2D eigenvalue weighted by molar-refractivity contribution is -0.00291. The standard InChI is InChI=1S/C11H16INO2S/c1-10(2,11(3,4)15)13-9(14)7-5-8(12)16-6-7/h5-6,15H,1-4H3,(H,13,14). The van der Waals surface area contributed by atoms with Gasteiger partial charge in [-0.2, -0.15) is 0 Å². The molecule has 1 aromatic rings. The van der Waals surface area contributed by atoms with Crippen LogP contribution in [-0.2, 0) is 0 Å². The van der Waals surface area contributed by atoms with Crippen molar-refractivity contribution in [2.75, 3.05) is 0 Å². The first-order valence-corrected chi connectivity index (χ1v) is 6.88. The molecule has 0 saturated carbocycles. The summed E-state index contributed by atoms with van der Waals surface area (Å²) in [5, 5.41) is 14.6. The SMILES string of the molecule is CC(C)(O)C(C)(C)NC(=O)c1csc(I)c1. The quantitative estimate of drug-likeness (QED) is 0.821. The summed E-state index contributed by atoms with van der Waals surface area (Å²) in [6, 6.07) is 1.83. The number of nitrogens with one attached hydrogen (secondary N) is 1. The first kappa shape index (κ1) is 13.9. The minimum absolute atomic E-state index is 0.147. The number of carbonyl (C=O) groups excluding carboxylic acids is 1. The van der Waals surface area contributed by atoms with Crippen molar-refractivity contribution < 1.29 is 9.90 Å². The predicted molar refractivity (Wildman–Crippen MR) is 74.9 cm³/mol. The number of rotatable bonds is 3. The van der Waals surface area contributed by atoms with Crippen LogP contribution in [-0.4, -0.2) is 22.2 Å². The van der Waals surface area contributed by atoms with Crippen LogP contribution in [0.4, 0.5) is 0 Å². The average Bonchev–Trinajstić information content (AvgIpc) is 2.48. The summed E-state index contributed by atoms with van der Waals surface area (Å²) >= 11 is 3.71. The Kier molecular flexibility index (Phi) is 4.02. The Balaban J connectivity index is 2.79. The summed E-state index contributed by atoms with van der Waals surface area (Å²) < 4.78 is 1.07. The zero-order valence-electron chi connectivity index (χ0n) is 9.80. The summed E-state index contributed by atoms with van der Waals surface area (Å²) in [5.74, 6) is -0.147. The fourth-order valence-electron chi connectivity index (χ4n) is 0.938. The maximum absolute atomic E-state index is 11.9. The normalized spacial score (nSPS) is 12.6. The van der Waals surface area contributed by atoms with Gasteiger partial charge in [0.2, 0.25) is 0 Å². The lowest BCUT2D eigenvalue weighted by atomic mass is 9.86. The summed E-state index contributed by atoms with van der Waals surface area (Å²) in [6.45, 7) is 6.99. The van der Waals surface area contributed by atoms with Crippen LogP contribution < -0.4 is 5.32 Å². The summed E-state index contributed by atoms with van der Waals surface area (Å²) in [7, 11) is 0. The molecule has 0 spiro atoms. The van der Waals surface area contributed by atoms with E-state index in [9.17, 15) is 9.90 Å². The minimum Gasteiger partial charge on any atom is -0.388 e. The predicted octanol–water partition coefficient (Wildman–Crippen LogP) is 2.63. The molecule has 0 bridgehead atoms. The second-order valence-corrected chi connectivity index (χ2v) is 7.58. The Morgan fingerprint density at radius 2 is 2.00 bits per heavy atom. The lowest BCUT2D eigenvalue weighted by Gasteiger charge is -2.37. The van der Waals surface area contributed by atoms with Gasteiger partial charge < -0.3 is 10.4 Å². The van der Waals surface area contributed by atoms with Gasteiger partial charge in [-0.15, -0.1) is 11.3 Å². The van der Waals surface area contributed by atoms with Crippen molar-refractivity contribution >= 4 is 39.8 Å². The van der Waals surface area contributed by atoms with Gasteiger partial charge in [-0.3, -0.25) is 4.79 Å². The molecular weight excluding hydrogens is 337 g/mol. The van der Waals surface area contributed by atoms with Gasteiger partial charge in [-0.05, 0) is 56.4 Å². The Labute approximate surface area is 113 Å². The van der Waals surface area contributed by atoms with Crippen molar-refractivity contribution in [1.29, 1.82) is 0 Å². The van der Waals surface area contributed by atoms with Gasteiger partial charge in [0.05, 0.1) is 19.6 Å². The molecule has 0 aliphatic heterocycles. The van der Waals surface area contributed by atoms with Gasteiger partial charge in [-0.1, -0.05) is 0 Å². The van der Waals surface area contributed by atoms with Crippen molar-refractivity contribution in [2.24, 2.45) is 0 Å². The van der Waals surface area contributed by atoms with Crippen molar-refractivity contribution in [3.8, 4) is 0 Å². The maximum Gasteiger partial charge on any atom is 0.252 e. The third kappa shape index (κ3) is 3.18. The summed E-state index contributed by atoms with van der Waals surface area (Å²) in [6.07, 6.45) is 0. The molecule has 0 radical (unpaired) electrons. The molecule has 1 rings (SSSR count). The van der Waals surface area contributed by atoms with Crippen LogP contribution >= 0.6 is 33.9 Å². The fourth-order valence-corrected chi connectivity index (χ4v) is 2.26. The van der Waals surface area contributed by atoms with E-state index in [-0.39, 0.29) is 5.91 Å². The highest BCUT2D eigenvalue weighted by Crippen LogP contribution is 2.22. The third-order valence-corrected chi connectivity index (χ3v) is 4.57. The van der Waals surface area contributed by atoms with Crippen molar-refractivity contribution in [2.45, 2.75) is 38.8 Å². The largest absolute Gasteiger partial charge is 0.388 e. The zero-order chi connectivity index (χ0) is 12.6. The number of aliphatic hydroxyl groups is 1. The molecule has 1 amide bonds. The molecule has 3 nitrogen and oxygen atoms in total. The van der Waals surface area contributed by atoms with Crippen LogP contribution in [0.3, 0.4) is 0 Å². The van der Waals surface area contributed by atoms with E-state index >= 15 is 0 Å². The van der Waals surface area contributed by atoms with Crippen LogP contribution in [0.15, 0.2) is 11.4 Å². The second-order valence-electron chi connectivity index (χ2n) is 4.78. The number of carbonyl (C=O) groups is 1. The number of amides is 1. The van der Waals surface area contributed by atoms with E-state index in [2.05, 4.69) is 27.9 Å². The third-order valence-electron chi connectivity index (χ3n) is 2.79. The van der Waals surface area contributed by atoms with Crippen LogP contribution in [0.1, 0.15) is 38.1 Å². The topological polar surface area (TPSA) is 49.3 Å². The minimum atomic E-state index is -0.966. The summed E-state index contributed by atoms with van der Waals surface area (Å²) in [5.41, 5.74) is -0.991. The van der Waals surface area contributed by atoms with E-state index in [4.69, 9.17) is 0 Å². The Bertz CT molecular complexity index is 393. The Morgan fingerprint density at radius 1 is 1.44 bits per heavy atom. The van der Waals surface area contributed by atoms with Gasteiger partial charge in [0, 0.05) is 5.38 Å². The highest BCUT2D eigenvalue weighted by Gasteiger charge is 2.36. The molecule has 16 heavy (non-hydrogen) atoms. The lowest BCUT2D eigenvalue weighted by Crippen LogP contribution is -2.57. The van der Waals surface area contributed by atoms with Gasteiger partial charge in [0.15, 0.2) is 0 Å². The van der Waals surface area contributed by atoms with E-state index in [1.54, 1.807) is 13.8 Å². The highest BCUT2D eigenvalue weighted by atomic mass is 127. The van der Waals surface area contributed by atoms with Crippen LogP contribution in [0.25, 0.3) is 0 Å². The van der Waals surface area contributed by atoms with Crippen molar-refractivity contribution in [3.05, 3.63) is 19.9 Å². The van der Waals surface area contributed by atoms with Gasteiger partial charge in [0.1, 0.15) is 0 Å². The van der Waals surface area contributed by atoms with Crippen LogP contribution in [0.5, 0.6) is 0 Å². The molecule has 5 heteroatoms. The number of hydrogen-bond donors (Lipinski definition) is 2. The number of thiophene rings is 1. The fraction of sp³-hybridized carbons (Fsp3) is 0.545. The van der Waals surface area contributed by atoms with E-state index < -0.39 is 11.1 Å². The van der Waals surface area contributed by atoms with Gasteiger partial charge in [0.25, 0.3) is 5.91 Å². The second kappa shape index (κ2) is 4.62. The molecule has 1 heterocycles. The van der Waals surface area contributed by atoms with Gasteiger partial charge >= 0.3 is 0 Å². The first-order chi connectivity index (χ1) is 7.13. The Morgan fingerprint density at radius 3 is 2.38 bits per heavy atom. The monoisotopic (exact) mass is 353 g/mol. The van der Waals surface area contributed by atoms with E-state index in [1.165, 1.54) is 11.3 Å².